The minimum atomic E-state index is -4.21. The largest absolute Gasteiger partial charge is 0.495 e. The van der Waals surface area contributed by atoms with E-state index < -0.39 is 12.6 Å². The molecular formula is C21H22ClF3N2O2. The quantitative estimate of drug-likeness (QED) is 0.444. The van der Waals surface area contributed by atoms with Gasteiger partial charge in [0.25, 0.3) is 0 Å². The molecule has 0 aliphatic heterocycles. The van der Waals surface area contributed by atoms with Crippen molar-refractivity contribution in [2.24, 2.45) is 0 Å². The molecule has 4 nitrogen and oxygen atoms in total. The molecule has 0 aliphatic carbocycles. The van der Waals surface area contributed by atoms with E-state index in [-0.39, 0.29) is 6.61 Å². The molecule has 29 heavy (non-hydrogen) atoms. The highest BCUT2D eigenvalue weighted by molar-refractivity contribution is 6.37. The van der Waals surface area contributed by atoms with Crippen molar-refractivity contribution in [2.75, 3.05) is 20.3 Å². The first kappa shape index (κ1) is 21.3. The highest BCUT2D eigenvalue weighted by atomic mass is 35.5. The van der Waals surface area contributed by atoms with Gasteiger partial charge in [-0.3, -0.25) is 0 Å². The number of H-pyrrole nitrogens is 1. The SMILES string of the molecule is COc1ccc2[nH]cc(CCNCc3cccc(OCCC(F)(F)F)c3)c2c1Cl. The molecule has 0 spiro atoms. The Hall–Kier alpha value is -2.38. The summed E-state index contributed by atoms with van der Waals surface area (Å²) in [6, 6.07) is 10.8. The lowest BCUT2D eigenvalue weighted by atomic mass is 10.1. The number of benzene rings is 2. The minimum absolute atomic E-state index is 0.384. The Bertz CT molecular complexity index is 957. The average molecular weight is 427 g/mol. The van der Waals surface area contributed by atoms with E-state index in [1.165, 1.54) is 0 Å². The monoisotopic (exact) mass is 426 g/mol. The fourth-order valence-electron chi connectivity index (χ4n) is 3.07. The van der Waals surface area contributed by atoms with Crippen LogP contribution in [0, 0.1) is 0 Å². The molecule has 0 fully saturated rings. The molecule has 2 aromatic carbocycles. The first-order valence-electron chi connectivity index (χ1n) is 9.19. The van der Waals surface area contributed by atoms with Gasteiger partial charge >= 0.3 is 6.18 Å². The molecule has 3 rings (SSSR count). The average Bonchev–Trinajstić information content (AvgIpc) is 3.09. The van der Waals surface area contributed by atoms with E-state index in [2.05, 4.69) is 10.3 Å². The van der Waals surface area contributed by atoms with Crippen molar-refractivity contribution < 1.29 is 22.6 Å². The molecule has 0 bridgehead atoms. The highest BCUT2D eigenvalue weighted by Crippen LogP contribution is 2.34. The van der Waals surface area contributed by atoms with Crippen LogP contribution in [0.4, 0.5) is 13.2 Å². The fourth-order valence-corrected chi connectivity index (χ4v) is 3.43. The third-order valence-electron chi connectivity index (χ3n) is 4.50. The Morgan fingerprint density at radius 2 is 2.00 bits per heavy atom. The molecule has 0 saturated heterocycles. The van der Waals surface area contributed by atoms with Crippen LogP contribution in [0.3, 0.4) is 0 Å². The predicted octanol–water partition coefficient (Wildman–Crippen LogP) is 5.49. The van der Waals surface area contributed by atoms with Gasteiger partial charge in [0.05, 0.1) is 25.2 Å². The topological polar surface area (TPSA) is 46.3 Å². The maximum Gasteiger partial charge on any atom is 0.392 e. The number of aromatic amines is 1. The third-order valence-corrected chi connectivity index (χ3v) is 4.88. The molecule has 1 aromatic heterocycles. The summed E-state index contributed by atoms with van der Waals surface area (Å²) in [6.45, 7) is 0.903. The first-order chi connectivity index (χ1) is 13.9. The van der Waals surface area contributed by atoms with Gasteiger partial charge in [0, 0.05) is 23.6 Å². The molecule has 8 heteroatoms. The van der Waals surface area contributed by atoms with E-state index in [0.29, 0.717) is 29.6 Å². The van der Waals surface area contributed by atoms with Crippen LogP contribution >= 0.6 is 11.6 Å². The van der Waals surface area contributed by atoms with Crippen LogP contribution in [0.25, 0.3) is 10.9 Å². The Morgan fingerprint density at radius 1 is 1.17 bits per heavy atom. The van der Waals surface area contributed by atoms with E-state index in [9.17, 15) is 13.2 Å². The molecule has 0 aliphatic rings. The lowest BCUT2D eigenvalue weighted by Gasteiger charge is -2.10. The van der Waals surface area contributed by atoms with Crippen LogP contribution < -0.4 is 14.8 Å². The van der Waals surface area contributed by atoms with E-state index in [4.69, 9.17) is 21.1 Å². The number of ether oxygens (including phenoxy) is 2. The summed E-state index contributed by atoms with van der Waals surface area (Å²) in [4.78, 5) is 3.21. The predicted molar refractivity (Wildman–Crippen MR) is 108 cm³/mol. The Morgan fingerprint density at radius 3 is 2.76 bits per heavy atom. The van der Waals surface area contributed by atoms with Crippen molar-refractivity contribution in [3.05, 3.63) is 58.7 Å². The fraction of sp³-hybridized carbons (Fsp3) is 0.333. The van der Waals surface area contributed by atoms with Gasteiger partial charge in [-0.15, -0.1) is 0 Å². The second-order valence-corrected chi connectivity index (χ2v) is 6.98. The van der Waals surface area contributed by atoms with E-state index in [1.807, 2.05) is 24.4 Å². The van der Waals surface area contributed by atoms with E-state index >= 15 is 0 Å². The van der Waals surface area contributed by atoms with Crippen molar-refractivity contribution in [3.8, 4) is 11.5 Å². The lowest BCUT2D eigenvalue weighted by molar-refractivity contribution is -0.139. The van der Waals surface area contributed by atoms with Gasteiger partial charge in [-0.25, -0.2) is 0 Å². The molecule has 0 radical (unpaired) electrons. The number of rotatable bonds is 9. The van der Waals surface area contributed by atoms with E-state index in [0.717, 1.165) is 28.5 Å². The van der Waals surface area contributed by atoms with Gasteiger partial charge in [0.15, 0.2) is 0 Å². The first-order valence-corrected chi connectivity index (χ1v) is 9.57. The molecule has 0 saturated carbocycles. The highest BCUT2D eigenvalue weighted by Gasteiger charge is 2.26. The van der Waals surface area contributed by atoms with Crippen molar-refractivity contribution in [2.45, 2.75) is 25.6 Å². The molecule has 1 heterocycles. The normalized spacial score (nSPS) is 11.8. The van der Waals surface area contributed by atoms with Crippen LogP contribution in [0.1, 0.15) is 17.5 Å². The van der Waals surface area contributed by atoms with Gasteiger partial charge in [-0.1, -0.05) is 23.7 Å². The van der Waals surface area contributed by atoms with Crippen LogP contribution in [-0.2, 0) is 13.0 Å². The molecular weight excluding hydrogens is 405 g/mol. The van der Waals surface area contributed by atoms with Crippen LogP contribution in [0.5, 0.6) is 11.5 Å². The number of halogens is 4. The zero-order valence-corrected chi connectivity index (χ0v) is 16.7. The summed E-state index contributed by atoms with van der Waals surface area (Å²) in [5.74, 6) is 1.07. The summed E-state index contributed by atoms with van der Waals surface area (Å²) in [7, 11) is 1.59. The zero-order chi connectivity index (χ0) is 20.9. The lowest BCUT2D eigenvalue weighted by Crippen LogP contribution is -2.16. The Balaban J connectivity index is 1.52. The van der Waals surface area contributed by atoms with Gasteiger partial charge in [0.2, 0.25) is 0 Å². The van der Waals surface area contributed by atoms with Gasteiger partial charge < -0.3 is 19.8 Å². The maximum atomic E-state index is 12.2. The van der Waals surface area contributed by atoms with Crippen LogP contribution in [0.2, 0.25) is 5.02 Å². The van der Waals surface area contributed by atoms with Gasteiger partial charge in [-0.05, 0) is 48.4 Å². The Kier molecular flexibility index (Phi) is 6.92. The number of nitrogens with one attached hydrogen (secondary N) is 2. The number of fused-ring (bicyclic) bond motifs is 1. The third kappa shape index (κ3) is 5.81. The summed E-state index contributed by atoms with van der Waals surface area (Å²) in [6.07, 6.45) is -2.48. The van der Waals surface area contributed by atoms with Crippen LogP contribution in [-0.4, -0.2) is 31.4 Å². The zero-order valence-electron chi connectivity index (χ0n) is 15.9. The van der Waals surface area contributed by atoms with Crippen molar-refractivity contribution in [1.29, 1.82) is 0 Å². The molecule has 0 amide bonds. The molecule has 0 unspecified atom stereocenters. The Labute approximate surface area is 172 Å². The summed E-state index contributed by atoms with van der Waals surface area (Å²) >= 11 is 6.43. The molecule has 2 N–H and O–H groups in total. The second-order valence-electron chi connectivity index (χ2n) is 6.61. The summed E-state index contributed by atoms with van der Waals surface area (Å²) in [5.41, 5.74) is 2.98. The van der Waals surface area contributed by atoms with E-state index in [1.54, 1.807) is 25.3 Å². The standard InChI is InChI=1S/C21H22ClF3N2O2/c1-28-18-6-5-17-19(20(18)22)15(13-27-17)7-9-26-12-14-3-2-4-16(11-14)29-10-8-21(23,24)25/h2-6,11,13,26-27H,7-10,12H2,1H3. The summed E-state index contributed by atoms with van der Waals surface area (Å²) < 4.78 is 47.1. The minimum Gasteiger partial charge on any atom is -0.495 e. The number of methoxy groups -OCH3 is 1. The van der Waals surface area contributed by atoms with Crippen molar-refractivity contribution in [3.63, 3.8) is 0 Å². The van der Waals surface area contributed by atoms with Crippen LogP contribution in [0.15, 0.2) is 42.6 Å². The number of hydrogen-bond acceptors (Lipinski definition) is 3. The summed E-state index contributed by atoms with van der Waals surface area (Å²) in [5, 5.41) is 4.88. The smallest absolute Gasteiger partial charge is 0.392 e. The number of aromatic nitrogens is 1. The number of alkyl halides is 3. The molecule has 156 valence electrons. The van der Waals surface area contributed by atoms with Gasteiger partial charge in [0.1, 0.15) is 11.5 Å². The van der Waals surface area contributed by atoms with Crippen molar-refractivity contribution in [1.82, 2.24) is 10.3 Å². The molecule has 0 atom stereocenters. The second kappa shape index (κ2) is 9.41. The maximum absolute atomic E-state index is 12.2. The molecule has 3 aromatic rings. The van der Waals surface area contributed by atoms with Crippen molar-refractivity contribution >= 4 is 22.5 Å². The van der Waals surface area contributed by atoms with Gasteiger partial charge in [-0.2, -0.15) is 13.2 Å². The number of hydrogen-bond donors (Lipinski definition) is 2.